The maximum atomic E-state index is 5.81. The summed E-state index contributed by atoms with van der Waals surface area (Å²) in [6.45, 7) is 0. The molecule has 3 aromatic rings. The van der Waals surface area contributed by atoms with Crippen LogP contribution in [0.2, 0.25) is 0 Å². The van der Waals surface area contributed by atoms with Crippen LogP contribution in [0, 0.1) is 0 Å². The van der Waals surface area contributed by atoms with Gasteiger partial charge >= 0.3 is 0 Å². The Morgan fingerprint density at radius 2 is 1.94 bits per heavy atom. The van der Waals surface area contributed by atoms with Crippen LogP contribution in [0.25, 0.3) is 17.3 Å². The molecule has 0 spiro atoms. The lowest BCUT2D eigenvalue weighted by Crippen LogP contribution is -2.03. The number of nitrogen functional groups attached to an aromatic ring is 1. The van der Waals surface area contributed by atoms with Crippen molar-refractivity contribution in [1.29, 1.82) is 0 Å². The van der Waals surface area contributed by atoms with Gasteiger partial charge < -0.3 is 10.3 Å². The summed E-state index contributed by atoms with van der Waals surface area (Å²) in [4.78, 5) is 8.70. The summed E-state index contributed by atoms with van der Waals surface area (Å²) in [5, 5.41) is 0. The summed E-state index contributed by atoms with van der Waals surface area (Å²) >= 11 is 0. The fraction of sp³-hybridized carbons (Fsp3) is 0.0769. The minimum atomic E-state index is 0.724. The lowest BCUT2D eigenvalue weighted by atomic mass is 10.2. The van der Waals surface area contributed by atoms with Crippen LogP contribution in [-0.2, 0) is 7.05 Å². The van der Waals surface area contributed by atoms with Gasteiger partial charge in [-0.05, 0) is 12.1 Å². The van der Waals surface area contributed by atoms with Crippen LogP contribution in [-0.4, -0.2) is 19.1 Å². The van der Waals surface area contributed by atoms with Gasteiger partial charge in [0.25, 0.3) is 0 Å². The number of hydrogen-bond donors (Lipinski definition) is 1. The van der Waals surface area contributed by atoms with Gasteiger partial charge in [0, 0.05) is 43.1 Å². The van der Waals surface area contributed by atoms with Crippen molar-refractivity contribution in [2.45, 2.75) is 0 Å². The van der Waals surface area contributed by atoms with Crippen molar-refractivity contribution in [2.24, 2.45) is 7.05 Å². The number of aromatic nitrogens is 4. The van der Waals surface area contributed by atoms with Crippen LogP contribution in [0.5, 0.6) is 0 Å². The summed E-state index contributed by atoms with van der Waals surface area (Å²) in [6, 6.07) is 7.67. The normalized spacial score (nSPS) is 10.7. The van der Waals surface area contributed by atoms with E-state index in [1.165, 1.54) is 0 Å². The van der Waals surface area contributed by atoms with Gasteiger partial charge in [0.1, 0.15) is 5.82 Å². The molecule has 3 rings (SSSR count). The van der Waals surface area contributed by atoms with E-state index < -0.39 is 0 Å². The molecular weight excluding hydrogens is 226 g/mol. The Kier molecular flexibility index (Phi) is 2.37. The van der Waals surface area contributed by atoms with Crippen LogP contribution in [0.3, 0.4) is 0 Å². The molecule has 0 aliphatic carbocycles. The van der Waals surface area contributed by atoms with Crippen LogP contribution < -0.4 is 5.73 Å². The van der Waals surface area contributed by atoms with E-state index in [-0.39, 0.29) is 0 Å². The summed E-state index contributed by atoms with van der Waals surface area (Å²) in [7, 11) is 1.95. The first-order chi connectivity index (χ1) is 8.75. The molecule has 2 heterocycles. The maximum absolute atomic E-state index is 5.81. The zero-order valence-electron chi connectivity index (χ0n) is 9.99. The van der Waals surface area contributed by atoms with Crippen molar-refractivity contribution in [3.8, 4) is 17.3 Å². The van der Waals surface area contributed by atoms with E-state index in [2.05, 4.69) is 9.97 Å². The lowest BCUT2D eigenvalue weighted by Gasteiger charge is -2.07. The Hall–Kier alpha value is -2.56. The number of rotatable bonds is 2. The fourth-order valence-corrected chi connectivity index (χ4v) is 1.95. The van der Waals surface area contributed by atoms with E-state index in [0.717, 1.165) is 23.0 Å². The Labute approximate surface area is 105 Å². The molecule has 0 fully saturated rings. The molecule has 0 atom stereocenters. The average molecular weight is 239 g/mol. The van der Waals surface area contributed by atoms with E-state index in [4.69, 9.17) is 5.73 Å². The first-order valence-electron chi connectivity index (χ1n) is 5.62. The third-order valence-corrected chi connectivity index (χ3v) is 2.80. The van der Waals surface area contributed by atoms with E-state index in [1.54, 1.807) is 12.4 Å². The van der Waals surface area contributed by atoms with Gasteiger partial charge in [-0.1, -0.05) is 12.1 Å². The summed E-state index contributed by atoms with van der Waals surface area (Å²) in [5.74, 6) is 1.65. The molecule has 2 N–H and O–H groups in total. The standard InChI is InChI=1S/C13H13N5/c1-17-7-5-16-13(17)18-8-6-15-12(18)10-3-2-4-11(14)9-10/h2-9H,14H2,1H3. The number of imidazole rings is 2. The Morgan fingerprint density at radius 1 is 1.11 bits per heavy atom. The summed E-state index contributed by atoms with van der Waals surface area (Å²) in [6.07, 6.45) is 7.31. The highest BCUT2D eigenvalue weighted by molar-refractivity contribution is 5.62. The number of hydrogen-bond acceptors (Lipinski definition) is 3. The van der Waals surface area contributed by atoms with E-state index in [9.17, 15) is 0 Å². The molecule has 5 nitrogen and oxygen atoms in total. The molecule has 2 aromatic heterocycles. The van der Waals surface area contributed by atoms with Gasteiger partial charge in [-0.3, -0.25) is 4.57 Å². The monoisotopic (exact) mass is 239 g/mol. The van der Waals surface area contributed by atoms with Gasteiger partial charge in [-0.2, -0.15) is 0 Å². The smallest absolute Gasteiger partial charge is 0.215 e. The highest BCUT2D eigenvalue weighted by atomic mass is 15.2. The SMILES string of the molecule is Cn1ccnc1-n1ccnc1-c1cccc(N)c1. The second-order valence-corrected chi connectivity index (χ2v) is 4.08. The zero-order chi connectivity index (χ0) is 12.5. The molecule has 0 radical (unpaired) electrons. The third-order valence-electron chi connectivity index (χ3n) is 2.80. The quantitative estimate of drug-likeness (QED) is 0.694. The van der Waals surface area contributed by atoms with Crippen molar-refractivity contribution in [2.75, 3.05) is 5.73 Å². The summed E-state index contributed by atoms with van der Waals surface area (Å²) < 4.78 is 3.88. The van der Waals surface area contributed by atoms with Crippen molar-refractivity contribution in [3.63, 3.8) is 0 Å². The number of nitrogens with two attached hydrogens (primary N) is 1. The first kappa shape index (κ1) is 10.6. The van der Waals surface area contributed by atoms with E-state index >= 15 is 0 Å². The van der Waals surface area contributed by atoms with Gasteiger partial charge in [-0.25, -0.2) is 9.97 Å². The predicted octanol–water partition coefficient (Wildman–Crippen LogP) is 1.85. The molecule has 0 saturated heterocycles. The van der Waals surface area contributed by atoms with Crippen LogP contribution in [0.1, 0.15) is 0 Å². The van der Waals surface area contributed by atoms with Gasteiger partial charge in [0.2, 0.25) is 5.95 Å². The molecule has 0 saturated carbocycles. The first-order valence-corrected chi connectivity index (χ1v) is 5.62. The van der Waals surface area contributed by atoms with Crippen LogP contribution >= 0.6 is 0 Å². The highest BCUT2D eigenvalue weighted by Crippen LogP contribution is 2.22. The van der Waals surface area contributed by atoms with Gasteiger partial charge in [-0.15, -0.1) is 0 Å². The molecule has 0 unspecified atom stereocenters. The van der Waals surface area contributed by atoms with Crippen molar-refractivity contribution in [3.05, 3.63) is 49.1 Å². The topological polar surface area (TPSA) is 61.7 Å². The van der Waals surface area contributed by atoms with Crippen LogP contribution in [0.4, 0.5) is 5.69 Å². The number of benzene rings is 1. The van der Waals surface area contributed by atoms with E-state index in [0.29, 0.717) is 0 Å². The van der Waals surface area contributed by atoms with Crippen LogP contribution in [0.15, 0.2) is 49.1 Å². The fourth-order valence-electron chi connectivity index (χ4n) is 1.95. The van der Waals surface area contributed by atoms with E-state index in [1.807, 2.05) is 52.8 Å². The average Bonchev–Trinajstić information content (AvgIpc) is 2.96. The molecular formula is C13H13N5. The summed E-state index contributed by atoms with van der Waals surface area (Å²) in [5.41, 5.74) is 7.50. The lowest BCUT2D eigenvalue weighted by molar-refractivity contribution is 0.822. The molecule has 18 heavy (non-hydrogen) atoms. The van der Waals surface area contributed by atoms with Crippen molar-refractivity contribution >= 4 is 5.69 Å². The minimum absolute atomic E-state index is 0.724. The minimum Gasteiger partial charge on any atom is -0.399 e. The van der Waals surface area contributed by atoms with Crippen molar-refractivity contribution < 1.29 is 0 Å². The van der Waals surface area contributed by atoms with Crippen molar-refractivity contribution in [1.82, 2.24) is 19.1 Å². The number of nitrogens with zero attached hydrogens (tertiary/aromatic N) is 4. The highest BCUT2D eigenvalue weighted by Gasteiger charge is 2.10. The molecule has 0 aliphatic rings. The number of anilines is 1. The second-order valence-electron chi connectivity index (χ2n) is 4.08. The molecule has 5 heteroatoms. The molecule has 0 aliphatic heterocycles. The largest absolute Gasteiger partial charge is 0.399 e. The predicted molar refractivity (Wildman–Crippen MR) is 70.2 cm³/mol. The Balaban J connectivity index is 2.16. The Morgan fingerprint density at radius 3 is 2.67 bits per heavy atom. The molecule has 1 aromatic carbocycles. The molecule has 0 bridgehead atoms. The second kappa shape index (κ2) is 4.03. The third kappa shape index (κ3) is 1.66. The van der Waals surface area contributed by atoms with Gasteiger partial charge in [0.15, 0.2) is 0 Å². The molecule has 90 valence electrons. The Bertz CT molecular complexity index is 680. The maximum Gasteiger partial charge on any atom is 0.215 e. The number of aryl methyl sites for hydroxylation is 1. The van der Waals surface area contributed by atoms with Gasteiger partial charge in [0.05, 0.1) is 0 Å². The molecule has 0 amide bonds. The zero-order valence-corrected chi connectivity index (χ0v) is 9.99.